The molecule has 1 spiro atoms. The summed E-state index contributed by atoms with van der Waals surface area (Å²) in [6, 6.07) is 1.32. The van der Waals surface area contributed by atoms with Gasteiger partial charge in [-0.2, -0.15) is 4.31 Å². The number of nitrogens with zero attached hydrogens (tertiary/aromatic N) is 3. The molecule has 4 fully saturated rings. The van der Waals surface area contributed by atoms with Crippen LogP contribution >= 0.6 is 23.5 Å². The van der Waals surface area contributed by atoms with Crippen molar-refractivity contribution >= 4 is 45.4 Å². The van der Waals surface area contributed by atoms with Gasteiger partial charge in [-0.1, -0.05) is 0 Å². The number of amides is 2. The molecule has 2 atom stereocenters. The average molecular weight is 499 g/mol. The smallest absolute Gasteiger partial charge is 0.265 e. The second-order valence-electron chi connectivity index (χ2n) is 9.32. The van der Waals surface area contributed by atoms with Gasteiger partial charge in [0.25, 0.3) is 5.91 Å². The summed E-state index contributed by atoms with van der Waals surface area (Å²) in [4.78, 5) is 26.7. The van der Waals surface area contributed by atoms with E-state index in [1.54, 1.807) is 7.05 Å². The fraction of sp³-hybridized carbons (Fsp3) is 0.714. The molecule has 3 heterocycles. The zero-order chi connectivity index (χ0) is 22.7. The molecule has 2 bridgehead atoms. The van der Waals surface area contributed by atoms with Gasteiger partial charge in [0.05, 0.1) is 4.08 Å². The molecule has 2 N–H and O–H groups in total. The number of hydrogen-bond acceptors (Lipinski definition) is 6. The number of aromatic nitrogens is 1. The summed E-state index contributed by atoms with van der Waals surface area (Å²) < 4.78 is 29.3. The van der Waals surface area contributed by atoms with Crippen molar-refractivity contribution in [3.05, 3.63) is 18.0 Å². The molecule has 2 saturated heterocycles. The number of hydrogen-bond donors (Lipinski definition) is 1. The lowest BCUT2D eigenvalue weighted by atomic mass is 9.79. The van der Waals surface area contributed by atoms with Gasteiger partial charge in [0.2, 0.25) is 15.9 Å². The SMILES string of the molecule is Cn1cc(S(=O)(=O)N2CCN(C(=O)C3CC4CCC(C3)C43SCCS3)CC2)cc1C(N)=O. The normalized spacial score (nSPS) is 30.2. The molecule has 0 radical (unpaired) electrons. The van der Waals surface area contributed by atoms with Crippen molar-refractivity contribution < 1.29 is 18.0 Å². The Bertz CT molecular complexity index is 1010. The molecular formula is C21H30N4O4S3. The van der Waals surface area contributed by atoms with Crippen LogP contribution in [-0.4, -0.2) is 75.8 Å². The number of carbonyl (C=O) groups excluding carboxylic acids is 2. The van der Waals surface area contributed by atoms with Crippen molar-refractivity contribution in [1.82, 2.24) is 13.8 Å². The lowest BCUT2D eigenvalue weighted by Crippen LogP contribution is -2.53. The second-order valence-corrected chi connectivity index (χ2v) is 14.3. The lowest BCUT2D eigenvalue weighted by Gasteiger charge is -2.44. The van der Waals surface area contributed by atoms with E-state index in [0.29, 0.717) is 29.0 Å². The molecule has 32 heavy (non-hydrogen) atoms. The monoisotopic (exact) mass is 498 g/mol. The Morgan fingerprint density at radius 2 is 1.66 bits per heavy atom. The first-order valence-electron chi connectivity index (χ1n) is 11.3. The van der Waals surface area contributed by atoms with Crippen LogP contribution in [0.1, 0.15) is 36.2 Å². The van der Waals surface area contributed by atoms with Gasteiger partial charge in [0, 0.05) is 56.8 Å². The molecule has 11 heteroatoms. The minimum atomic E-state index is -3.73. The standard InChI is InChI=1S/C21H30N4O4S3/c1-23-13-17(12-18(23)19(22)26)32(28,29)25-6-4-24(5-7-25)20(27)14-10-15-2-3-16(11-14)21(15)30-8-9-31-21/h12-16H,2-11H2,1H3,(H2,22,26). The predicted molar refractivity (Wildman–Crippen MR) is 126 cm³/mol. The van der Waals surface area contributed by atoms with Crippen LogP contribution in [0, 0.1) is 17.8 Å². The summed E-state index contributed by atoms with van der Waals surface area (Å²) in [6.07, 6.45) is 5.86. The Labute approximate surface area is 197 Å². The lowest BCUT2D eigenvalue weighted by molar-refractivity contribution is -0.138. The first-order chi connectivity index (χ1) is 15.2. The highest BCUT2D eigenvalue weighted by molar-refractivity contribution is 8.21. The summed E-state index contributed by atoms with van der Waals surface area (Å²) in [5, 5.41) is 0. The summed E-state index contributed by atoms with van der Waals surface area (Å²) in [7, 11) is -2.14. The fourth-order valence-electron chi connectivity index (χ4n) is 6.08. The zero-order valence-electron chi connectivity index (χ0n) is 18.2. The van der Waals surface area contributed by atoms with E-state index < -0.39 is 15.9 Å². The third-order valence-corrected chi connectivity index (χ3v) is 13.5. The van der Waals surface area contributed by atoms with Crippen molar-refractivity contribution in [2.75, 3.05) is 37.7 Å². The molecule has 2 amide bonds. The molecule has 5 rings (SSSR count). The van der Waals surface area contributed by atoms with E-state index in [9.17, 15) is 18.0 Å². The van der Waals surface area contributed by atoms with Crippen LogP contribution in [0.25, 0.3) is 0 Å². The van der Waals surface area contributed by atoms with Gasteiger partial charge < -0.3 is 15.2 Å². The van der Waals surface area contributed by atoms with Crippen LogP contribution in [-0.2, 0) is 21.9 Å². The van der Waals surface area contributed by atoms with Crippen molar-refractivity contribution in [3.8, 4) is 0 Å². The van der Waals surface area contributed by atoms with Gasteiger partial charge >= 0.3 is 0 Å². The van der Waals surface area contributed by atoms with Gasteiger partial charge in [-0.3, -0.25) is 9.59 Å². The molecule has 8 nitrogen and oxygen atoms in total. The maximum Gasteiger partial charge on any atom is 0.265 e. The average Bonchev–Trinajstić information content (AvgIpc) is 3.45. The highest BCUT2D eigenvalue weighted by Crippen LogP contribution is 2.66. The van der Waals surface area contributed by atoms with E-state index in [1.807, 2.05) is 4.90 Å². The molecule has 2 aliphatic heterocycles. The predicted octanol–water partition coefficient (Wildman–Crippen LogP) is 1.57. The Morgan fingerprint density at radius 3 is 2.19 bits per heavy atom. The third kappa shape index (κ3) is 3.59. The second kappa shape index (κ2) is 8.25. The summed E-state index contributed by atoms with van der Waals surface area (Å²) in [5.74, 6) is 3.35. The van der Waals surface area contributed by atoms with Gasteiger partial charge in [-0.15, -0.1) is 23.5 Å². The van der Waals surface area contributed by atoms with E-state index in [1.165, 1.54) is 45.5 Å². The maximum atomic E-state index is 13.3. The number of nitrogens with two attached hydrogens (primary N) is 1. The molecule has 2 unspecified atom stereocenters. The highest BCUT2D eigenvalue weighted by atomic mass is 32.2. The van der Waals surface area contributed by atoms with Crippen molar-refractivity contribution in [3.63, 3.8) is 0 Å². The molecular weight excluding hydrogens is 468 g/mol. The molecule has 2 saturated carbocycles. The number of thioether (sulfide) groups is 2. The van der Waals surface area contributed by atoms with E-state index in [-0.39, 0.29) is 35.5 Å². The van der Waals surface area contributed by atoms with Crippen molar-refractivity contribution in [2.45, 2.75) is 34.7 Å². The molecule has 4 aliphatic rings. The Morgan fingerprint density at radius 1 is 1.06 bits per heavy atom. The summed E-state index contributed by atoms with van der Waals surface area (Å²) >= 11 is 4.27. The first-order valence-corrected chi connectivity index (χ1v) is 14.7. The van der Waals surface area contributed by atoms with Crippen molar-refractivity contribution in [1.29, 1.82) is 0 Å². The Kier molecular flexibility index (Phi) is 5.83. The van der Waals surface area contributed by atoms with Crippen molar-refractivity contribution in [2.24, 2.45) is 30.5 Å². The Hall–Kier alpha value is -1.17. The van der Waals surface area contributed by atoms with Crippen LogP contribution in [0.3, 0.4) is 0 Å². The fourth-order valence-corrected chi connectivity index (χ4v) is 11.5. The van der Waals surface area contributed by atoms with E-state index >= 15 is 0 Å². The van der Waals surface area contributed by atoms with Crippen LogP contribution in [0.5, 0.6) is 0 Å². The van der Waals surface area contributed by atoms with Gasteiger partial charge in [-0.05, 0) is 43.6 Å². The molecule has 2 aliphatic carbocycles. The summed E-state index contributed by atoms with van der Waals surface area (Å²) in [5.41, 5.74) is 5.47. The van der Waals surface area contributed by atoms with Crippen LogP contribution < -0.4 is 5.73 Å². The quantitative estimate of drug-likeness (QED) is 0.676. The molecule has 1 aromatic heterocycles. The minimum absolute atomic E-state index is 0.0642. The molecule has 176 valence electrons. The van der Waals surface area contributed by atoms with E-state index in [4.69, 9.17) is 5.73 Å². The number of rotatable bonds is 4. The van der Waals surface area contributed by atoms with Gasteiger partial charge in [0.1, 0.15) is 10.6 Å². The summed E-state index contributed by atoms with van der Waals surface area (Å²) in [6.45, 7) is 1.36. The molecule has 0 aromatic carbocycles. The van der Waals surface area contributed by atoms with Crippen LogP contribution in [0.15, 0.2) is 17.2 Å². The topological polar surface area (TPSA) is 106 Å². The van der Waals surface area contributed by atoms with E-state index in [2.05, 4.69) is 23.5 Å². The number of piperazine rings is 1. The maximum absolute atomic E-state index is 13.3. The number of aryl methyl sites for hydroxylation is 1. The van der Waals surface area contributed by atoms with Gasteiger partial charge in [-0.25, -0.2) is 8.42 Å². The van der Waals surface area contributed by atoms with E-state index in [0.717, 1.165) is 12.8 Å². The number of carbonyl (C=O) groups is 2. The minimum Gasteiger partial charge on any atom is -0.364 e. The third-order valence-electron chi connectivity index (χ3n) is 7.65. The largest absolute Gasteiger partial charge is 0.364 e. The first kappa shape index (κ1) is 22.6. The molecule has 1 aromatic rings. The number of primary amides is 1. The highest BCUT2D eigenvalue weighted by Gasteiger charge is 2.57. The van der Waals surface area contributed by atoms with Crippen LogP contribution in [0.2, 0.25) is 0 Å². The van der Waals surface area contributed by atoms with Gasteiger partial charge in [0.15, 0.2) is 0 Å². The number of sulfonamides is 1. The Balaban J connectivity index is 1.22. The van der Waals surface area contributed by atoms with Crippen LogP contribution in [0.4, 0.5) is 0 Å². The zero-order valence-corrected chi connectivity index (χ0v) is 20.7.